The average molecular weight is 487 g/mol. The molecule has 0 fully saturated rings. The minimum absolute atomic E-state index is 0.0445. The second-order valence-electron chi connectivity index (χ2n) is 7.47. The molecule has 33 heavy (non-hydrogen) atoms. The van der Waals surface area contributed by atoms with Crippen LogP contribution in [0.5, 0.6) is 0 Å². The Kier molecular flexibility index (Phi) is 6.52. The molecule has 1 aliphatic carbocycles. The number of nitrogens with zero attached hydrogens (tertiary/aromatic N) is 3. The van der Waals surface area contributed by atoms with E-state index in [0.29, 0.717) is 10.7 Å². The maximum atomic E-state index is 12.7. The van der Waals surface area contributed by atoms with E-state index in [1.807, 2.05) is 22.8 Å². The highest BCUT2D eigenvalue weighted by molar-refractivity contribution is 7.99. The predicted octanol–water partition coefficient (Wildman–Crippen LogP) is 3.65. The van der Waals surface area contributed by atoms with Crippen LogP contribution in [-0.2, 0) is 14.3 Å². The molecule has 0 spiro atoms. The van der Waals surface area contributed by atoms with Gasteiger partial charge in [0.1, 0.15) is 9.88 Å². The number of amides is 1. The molecule has 1 amide bonds. The van der Waals surface area contributed by atoms with Crippen molar-refractivity contribution in [1.82, 2.24) is 14.8 Å². The van der Waals surface area contributed by atoms with Gasteiger partial charge in [-0.05, 0) is 25.5 Å². The molecule has 2 aliphatic rings. The smallest absolute Gasteiger partial charge is 0.348 e. The van der Waals surface area contributed by atoms with Gasteiger partial charge in [0.25, 0.3) is 0 Å². The van der Waals surface area contributed by atoms with E-state index in [4.69, 9.17) is 9.47 Å². The number of thiophene rings is 1. The third-order valence-corrected chi connectivity index (χ3v) is 7.60. The van der Waals surface area contributed by atoms with E-state index in [1.165, 1.54) is 31.6 Å². The first-order chi connectivity index (χ1) is 15.8. The van der Waals surface area contributed by atoms with Crippen LogP contribution in [0.15, 0.2) is 35.0 Å². The van der Waals surface area contributed by atoms with Crippen molar-refractivity contribution >= 4 is 52.0 Å². The van der Waals surface area contributed by atoms with Crippen LogP contribution >= 0.6 is 23.1 Å². The van der Waals surface area contributed by atoms with Gasteiger partial charge < -0.3 is 14.8 Å². The summed E-state index contributed by atoms with van der Waals surface area (Å²) in [6.45, 7) is 3.68. The predicted molar refractivity (Wildman–Crippen MR) is 126 cm³/mol. The number of thioether (sulfide) groups is 1. The molecule has 2 atom stereocenters. The fraction of sp³-hybridized carbons (Fsp3) is 0.318. The molecule has 3 heterocycles. The Morgan fingerprint density at radius 2 is 1.85 bits per heavy atom. The highest BCUT2D eigenvalue weighted by Gasteiger charge is 2.31. The molecule has 0 saturated carbocycles. The van der Waals surface area contributed by atoms with E-state index < -0.39 is 11.9 Å². The van der Waals surface area contributed by atoms with Crippen LogP contribution in [0, 0.1) is 12.8 Å². The van der Waals surface area contributed by atoms with E-state index in [-0.39, 0.29) is 39.1 Å². The number of aromatic nitrogens is 3. The van der Waals surface area contributed by atoms with E-state index in [1.54, 1.807) is 6.92 Å². The molecule has 2 aromatic heterocycles. The largest absolute Gasteiger partial charge is 0.465 e. The highest BCUT2D eigenvalue weighted by Crippen LogP contribution is 2.39. The van der Waals surface area contributed by atoms with Gasteiger partial charge in [-0.2, -0.15) is 0 Å². The van der Waals surface area contributed by atoms with Crippen molar-refractivity contribution < 1.29 is 23.9 Å². The van der Waals surface area contributed by atoms with Gasteiger partial charge in [0.2, 0.25) is 5.91 Å². The van der Waals surface area contributed by atoms with Crippen LogP contribution in [0.2, 0.25) is 0 Å². The standard InChI is InChI=1S/C22H22N4O5S2/c1-11-9-15-24-25-22(26(15)14-8-6-5-7-13(11)14)32-10-16(27)23-19-17(20(28)30-3)12(2)18(33-19)21(29)31-4/h5-9,13-14H,10H2,1-4H3,(H,23,27). The zero-order valence-corrected chi connectivity index (χ0v) is 20.1. The minimum Gasteiger partial charge on any atom is -0.465 e. The number of fused-ring (bicyclic) bond motifs is 3. The summed E-state index contributed by atoms with van der Waals surface area (Å²) in [4.78, 5) is 37.3. The van der Waals surface area contributed by atoms with Gasteiger partial charge in [-0.3, -0.25) is 9.36 Å². The third kappa shape index (κ3) is 4.25. The second kappa shape index (κ2) is 9.36. The monoisotopic (exact) mass is 486 g/mol. The van der Waals surface area contributed by atoms with Crippen LogP contribution < -0.4 is 5.32 Å². The average Bonchev–Trinajstić information content (AvgIpc) is 3.37. The molecule has 0 saturated heterocycles. The number of nitrogens with one attached hydrogen (secondary N) is 1. The summed E-state index contributed by atoms with van der Waals surface area (Å²) < 4.78 is 11.6. The number of ether oxygens (including phenoxy) is 2. The lowest BCUT2D eigenvalue weighted by Gasteiger charge is -2.31. The Bertz CT molecular complexity index is 1220. The molecular formula is C22H22N4O5S2. The summed E-state index contributed by atoms with van der Waals surface area (Å²) in [5.74, 6) is -0.554. The normalized spacial score (nSPS) is 18.2. The van der Waals surface area contributed by atoms with E-state index in [2.05, 4.69) is 34.6 Å². The summed E-state index contributed by atoms with van der Waals surface area (Å²) >= 11 is 2.23. The Labute approximate surface area is 198 Å². The maximum Gasteiger partial charge on any atom is 0.348 e. The van der Waals surface area contributed by atoms with Gasteiger partial charge in [-0.1, -0.05) is 41.6 Å². The van der Waals surface area contributed by atoms with Crippen molar-refractivity contribution in [1.29, 1.82) is 0 Å². The van der Waals surface area contributed by atoms with Crippen molar-refractivity contribution in [2.75, 3.05) is 25.3 Å². The molecule has 172 valence electrons. The number of carbonyl (C=O) groups excluding carboxylic acids is 3. The Morgan fingerprint density at radius 1 is 1.12 bits per heavy atom. The fourth-order valence-electron chi connectivity index (χ4n) is 3.86. The summed E-state index contributed by atoms with van der Waals surface area (Å²) in [5.41, 5.74) is 1.75. The van der Waals surface area contributed by atoms with E-state index in [0.717, 1.165) is 17.2 Å². The van der Waals surface area contributed by atoms with Gasteiger partial charge >= 0.3 is 11.9 Å². The number of hydrogen-bond donors (Lipinski definition) is 1. The molecule has 0 aromatic carbocycles. The van der Waals surface area contributed by atoms with Crippen LogP contribution in [0.4, 0.5) is 5.00 Å². The molecule has 0 radical (unpaired) electrons. The zero-order valence-electron chi connectivity index (χ0n) is 18.4. The van der Waals surface area contributed by atoms with Crippen molar-refractivity contribution in [3.05, 3.63) is 51.7 Å². The molecule has 4 rings (SSSR count). The Balaban J connectivity index is 1.52. The number of allylic oxidation sites excluding steroid dienone is 5. The van der Waals surface area contributed by atoms with E-state index in [9.17, 15) is 14.4 Å². The summed E-state index contributed by atoms with van der Waals surface area (Å²) in [5, 5.41) is 12.1. The van der Waals surface area contributed by atoms with Crippen molar-refractivity contribution in [2.24, 2.45) is 5.92 Å². The van der Waals surface area contributed by atoms with Gasteiger partial charge in [0.15, 0.2) is 11.0 Å². The Morgan fingerprint density at radius 3 is 2.58 bits per heavy atom. The molecule has 11 heteroatoms. The molecule has 0 bridgehead atoms. The van der Waals surface area contributed by atoms with Crippen LogP contribution in [0.1, 0.15) is 44.4 Å². The SMILES string of the molecule is COC(=O)c1sc(NC(=O)CSc2nnc3n2C2C=CC=CC2C(C)=C3)c(C(=O)OC)c1C. The van der Waals surface area contributed by atoms with Gasteiger partial charge in [0, 0.05) is 5.92 Å². The van der Waals surface area contributed by atoms with Gasteiger partial charge in [0.05, 0.1) is 31.6 Å². The van der Waals surface area contributed by atoms with Gasteiger partial charge in [-0.15, -0.1) is 21.5 Å². The molecule has 2 aromatic rings. The van der Waals surface area contributed by atoms with Crippen molar-refractivity contribution in [3.8, 4) is 0 Å². The number of anilines is 1. The second-order valence-corrected chi connectivity index (χ2v) is 9.43. The van der Waals surface area contributed by atoms with Crippen LogP contribution in [0.25, 0.3) is 6.08 Å². The van der Waals surface area contributed by atoms with Crippen molar-refractivity contribution in [2.45, 2.75) is 25.0 Å². The first kappa shape index (κ1) is 23.0. The summed E-state index contributed by atoms with van der Waals surface area (Å²) in [6, 6.07) is 0.0593. The maximum absolute atomic E-state index is 12.7. The van der Waals surface area contributed by atoms with Crippen molar-refractivity contribution in [3.63, 3.8) is 0 Å². The zero-order chi connectivity index (χ0) is 23.7. The minimum atomic E-state index is -0.640. The van der Waals surface area contributed by atoms with Gasteiger partial charge in [-0.25, -0.2) is 9.59 Å². The number of esters is 2. The fourth-order valence-corrected chi connectivity index (χ4v) is 5.77. The lowest BCUT2D eigenvalue weighted by atomic mass is 9.86. The molecular weight excluding hydrogens is 464 g/mol. The third-order valence-electron chi connectivity index (χ3n) is 5.47. The number of hydrogen-bond acceptors (Lipinski definition) is 9. The number of carbonyl (C=O) groups is 3. The van der Waals surface area contributed by atoms with Crippen LogP contribution in [0.3, 0.4) is 0 Å². The topological polar surface area (TPSA) is 112 Å². The summed E-state index contributed by atoms with van der Waals surface area (Å²) in [6.07, 6.45) is 10.3. The molecule has 2 unspecified atom stereocenters. The first-order valence-corrected chi connectivity index (χ1v) is 11.9. The quantitative estimate of drug-likeness (QED) is 0.486. The molecule has 9 nitrogen and oxygen atoms in total. The van der Waals surface area contributed by atoms with E-state index >= 15 is 0 Å². The molecule has 1 aliphatic heterocycles. The lowest BCUT2D eigenvalue weighted by molar-refractivity contribution is -0.113. The first-order valence-electron chi connectivity index (χ1n) is 10.1. The lowest BCUT2D eigenvalue weighted by Crippen LogP contribution is -2.24. The highest BCUT2D eigenvalue weighted by atomic mass is 32.2. The Hall–Kier alpha value is -3.18. The number of methoxy groups -OCH3 is 2. The van der Waals surface area contributed by atoms with Crippen LogP contribution in [-0.4, -0.2) is 52.6 Å². The number of rotatable bonds is 6. The molecule has 1 N–H and O–H groups in total. The summed E-state index contributed by atoms with van der Waals surface area (Å²) in [7, 11) is 2.50.